The topological polar surface area (TPSA) is 73.3 Å². The Balaban J connectivity index is 2.77. The standard InChI is InChI=1S/C13H21NO4S2/c1-9(12(15)18-5)7-20(16,17)8-11-14-10(6-19-11)13(2,3)4/h6,9H,7-8H2,1-5H3. The van der Waals surface area contributed by atoms with E-state index in [0.717, 1.165) is 5.69 Å². The van der Waals surface area contributed by atoms with Crippen molar-refractivity contribution in [2.75, 3.05) is 12.9 Å². The highest BCUT2D eigenvalue weighted by atomic mass is 32.2. The number of carbonyl (C=O) groups is 1. The smallest absolute Gasteiger partial charge is 0.309 e. The first-order valence-corrected chi connectivity index (χ1v) is 8.98. The van der Waals surface area contributed by atoms with E-state index >= 15 is 0 Å². The van der Waals surface area contributed by atoms with E-state index in [0.29, 0.717) is 5.01 Å². The summed E-state index contributed by atoms with van der Waals surface area (Å²) in [4.78, 5) is 15.6. The number of ether oxygens (including phenoxy) is 1. The fourth-order valence-corrected chi connectivity index (χ4v) is 4.69. The maximum absolute atomic E-state index is 12.0. The normalized spacial score (nSPS) is 14.1. The predicted octanol–water partition coefficient (Wildman–Crippen LogP) is 2.16. The molecule has 1 aromatic rings. The van der Waals surface area contributed by atoms with Crippen LogP contribution in [0.25, 0.3) is 0 Å². The molecular formula is C13H21NO4S2. The molecular weight excluding hydrogens is 298 g/mol. The first kappa shape index (κ1) is 17.1. The van der Waals surface area contributed by atoms with Crippen molar-refractivity contribution in [2.24, 2.45) is 5.92 Å². The first-order chi connectivity index (χ1) is 9.05. The minimum absolute atomic E-state index is 0.0994. The molecule has 0 saturated heterocycles. The second kappa shape index (κ2) is 6.22. The molecule has 0 bridgehead atoms. The van der Waals surface area contributed by atoms with Gasteiger partial charge in [-0.05, 0) is 0 Å². The monoisotopic (exact) mass is 319 g/mol. The van der Waals surface area contributed by atoms with Gasteiger partial charge in [0, 0.05) is 10.8 Å². The van der Waals surface area contributed by atoms with Gasteiger partial charge in [0.05, 0.1) is 24.5 Å². The highest BCUT2D eigenvalue weighted by Gasteiger charge is 2.24. The van der Waals surface area contributed by atoms with Gasteiger partial charge < -0.3 is 4.74 Å². The lowest BCUT2D eigenvalue weighted by atomic mass is 9.93. The molecule has 1 aromatic heterocycles. The molecule has 20 heavy (non-hydrogen) atoms. The molecule has 0 fully saturated rings. The number of rotatable bonds is 5. The van der Waals surface area contributed by atoms with Crippen molar-refractivity contribution in [3.8, 4) is 0 Å². The predicted molar refractivity (Wildman–Crippen MR) is 79.5 cm³/mol. The number of aromatic nitrogens is 1. The third kappa shape index (κ3) is 4.86. The number of methoxy groups -OCH3 is 1. The van der Waals surface area contributed by atoms with Crippen molar-refractivity contribution in [1.29, 1.82) is 0 Å². The molecule has 1 heterocycles. The van der Waals surface area contributed by atoms with Crippen LogP contribution in [-0.4, -0.2) is 32.2 Å². The highest BCUT2D eigenvalue weighted by molar-refractivity contribution is 7.90. The molecule has 0 saturated carbocycles. The van der Waals surface area contributed by atoms with Gasteiger partial charge in [0.1, 0.15) is 10.8 Å². The lowest BCUT2D eigenvalue weighted by molar-refractivity contribution is -0.144. The van der Waals surface area contributed by atoms with E-state index < -0.39 is 21.7 Å². The second-order valence-electron chi connectivity index (χ2n) is 5.86. The van der Waals surface area contributed by atoms with Crippen LogP contribution in [0.1, 0.15) is 38.4 Å². The second-order valence-corrected chi connectivity index (χ2v) is 8.91. The molecule has 114 valence electrons. The molecule has 0 aliphatic carbocycles. The lowest BCUT2D eigenvalue weighted by Gasteiger charge is -2.14. The molecule has 1 unspecified atom stereocenters. The summed E-state index contributed by atoms with van der Waals surface area (Å²) in [6.45, 7) is 7.63. The molecule has 0 aromatic carbocycles. The van der Waals surface area contributed by atoms with E-state index in [-0.39, 0.29) is 16.9 Å². The quantitative estimate of drug-likeness (QED) is 0.778. The molecule has 0 radical (unpaired) electrons. The SMILES string of the molecule is COC(=O)C(C)CS(=O)(=O)Cc1nc(C(C)(C)C)cs1. The molecule has 0 aliphatic heterocycles. The Kier molecular flexibility index (Phi) is 5.32. The van der Waals surface area contributed by atoms with Crippen molar-refractivity contribution >= 4 is 27.1 Å². The van der Waals surface area contributed by atoms with Crippen LogP contribution >= 0.6 is 11.3 Å². The number of hydrogen-bond donors (Lipinski definition) is 0. The maximum atomic E-state index is 12.0. The van der Waals surface area contributed by atoms with Crippen LogP contribution in [0.4, 0.5) is 0 Å². The Bertz CT molecular complexity index is 569. The van der Waals surface area contributed by atoms with Crippen LogP contribution in [0, 0.1) is 5.92 Å². The van der Waals surface area contributed by atoms with Crippen molar-refractivity contribution in [3.63, 3.8) is 0 Å². The van der Waals surface area contributed by atoms with E-state index in [1.54, 1.807) is 6.92 Å². The van der Waals surface area contributed by atoms with Gasteiger partial charge in [-0.2, -0.15) is 0 Å². The zero-order valence-corrected chi connectivity index (χ0v) is 14.1. The van der Waals surface area contributed by atoms with Gasteiger partial charge >= 0.3 is 5.97 Å². The van der Waals surface area contributed by atoms with Crippen molar-refractivity contribution < 1.29 is 17.9 Å². The van der Waals surface area contributed by atoms with Gasteiger partial charge in [-0.25, -0.2) is 13.4 Å². The van der Waals surface area contributed by atoms with Crippen molar-refractivity contribution in [1.82, 2.24) is 4.98 Å². The van der Waals surface area contributed by atoms with Gasteiger partial charge in [0.15, 0.2) is 9.84 Å². The number of sulfone groups is 1. The van der Waals surface area contributed by atoms with Gasteiger partial charge in [-0.1, -0.05) is 27.7 Å². The Hall–Kier alpha value is -0.950. The van der Waals surface area contributed by atoms with Crippen LogP contribution in [0.2, 0.25) is 0 Å². The summed E-state index contributed by atoms with van der Waals surface area (Å²) in [6.07, 6.45) is 0. The number of hydrogen-bond acceptors (Lipinski definition) is 6. The molecule has 5 nitrogen and oxygen atoms in total. The zero-order chi connectivity index (χ0) is 15.6. The van der Waals surface area contributed by atoms with E-state index in [1.807, 2.05) is 26.2 Å². The third-order valence-corrected chi connectivity index (χ3v) is 5.52. The number of thiazole rings is 1. The summed E-state index contributed by atoms with van der Waals surface area (Å²) in [5.41, 5.74) is 0.784. The van der Waals surface area contributed by atoms with E-state index in [1.165, 1.54) is 18.4 Å². The summed E-state index contributed by atoms with van der Waals surface area (Å²) in [6, 6.07) is 0. The summed E-state index contributed by atoms with van der Waals surface area (Å²) >= 11 is 1.34. The van der Waals surface area contributed by atoms with Crippen molar-refractivity contribution in [2.45, 2.75) is 38.9 Å². The maximum Gasteiger partial charge on any atom is 0.309 e. The minimum Gasteiger partial charge on any atom is -0.469 e. The average Bonchev–Trinajstić information content (AvgIpc) is 2.74. The first-order valence-electron chi connectivity index (χ1n) is 6.28. The van der Waals surface area contributed by atoms with E-state index in [4.69, 9.17) is 0 Å². The number of nitrogens with zero attached hydrogens (tertiary/aromatic N) is 1. The molecule has 7 heteroatoms. The van der Waals surface area contributed by atoms with Gasteiger partial charge in [-0.15, -0.1) is 11.3 Å². The van der Waals surface area contributed by atoms with Crippen LogP contribution in [0.3, 0.4) is 0 Å². The van der Waals surface area contributed by atoms with Crippen LogP contribution in [0.5, 0.6) is 0 Å². The fourth-order valence-electron chi connectivity index (χ4n) is 1.62. The van der Waals surface area contributed by atoms with Crippen molar-refractivity contribution in [3.05, 3.63) is 16.1 Å². The number of carbonyl (C=O) groups excluding carboxylic acids is 1. The zero-order valence-electron chi connectivity index (χ0n) is 12.5. The third-order valence-electron chi connectivity index (χ3n) is 2.77. The highest BCUT2D eigenvalue weighted by Crippen LogP contribution is 2.25. The molecule has 1 rings (SSSR count). The lowest BCUT2D eigenvalue weighted by Crippen LogP contribution is -2.23. The molecule has 0 amide bonds. The molecule has 0 N–H and O–H groups in total. The van der Waals surface area contributed by atoms with Crippen LogP contribution in [0.15, 0.2) is 5.38 Å². The summed E-state index contributed by atoms with van der Waals surface area (Å²) in [5.74, 6) is -1.52. The average molecular weight is 319 g/mol. The molecule has 0 aliphatic rings. The minimum atomic E-state index is -3.37. The fraction of sp³-hybridized carbons (Fsp3) is 0.692. The molecule has 0 spiro atoms. The summed E-state index contributed by atoms with van der Waals surface area (Å²) in [7, 11) is -2.12. The van der Waals surface area contributed by atoms with Gasteiger partial charge in [-0.3, -0.25) is 4.79 Å². The molecule has 1 atom stereocenters. The van der Waals surface area contributed by atoms with Gasteiger partial charge in [0.2, 0.25) is 0 Å². The Morgan fingerprint density at radius 2 is 2.05 bits per heavy atom. The summed E-state index contributed by atoms with van der Waals surface area (Å²) in [5, 5.41) is 2.45. The van der Waals surface area contributed by atoms with E-state index in [9.17, 15) is 13.2 Å². The largest absolute Gasteiger partial charge is 0.469 e. The van der Waals surface area contributed by atoms with Crippen LogP contribution in [-0.2, 0) is 30.5 Å². The Morgan fingerprint density at radius 3 is 2.50 bits per heavy atom. The Labute approximate surface area is 124 Å². The Morgan fingerprint density at radius 1 is 1.45 bits per heavy atom. The number of esters is 1. The van der Waals surface area contributed by atoms with Gasteiger partial charge in [0.25, 0.3) is 0 Å². The van der Waals surface area contributed by atoms with Crippen LogP contribution < -0.4 is 0 Å². The van der Waals surface area contributed by atoms with E-state index in [2.05, 4.69) is 9.72 Å². The summed E-state index contributed by atoms with van der Waals surface area (Å²) < 4.78 is 28.6.